The molecular weight excluding hydrogens is 346 g/mol. The fourth-order valence-electron chi connectivity index (χ4n) is 2.35. The number of amides is 1. The van der Waals surface area contributed by atoms with Crippen LogP contribution in [-0.4, -0.2) is 31.4 Å². The lowest BCUT2D eigenvalue weighted by Crippen LogP contribution is -2.24. The highest BCUT2D eigenvalue weighted by Gasteiger charge is 2.15. The SMILES string of the molecule is C=CCn1c(SCC(=O)NCc2ccccc2)nnc1-c1ccccn1. The normalized spacial score (nSPS) is 10.5. The van der Waals surface area contributed by atoms with Gasteiger partial charge in [-0.3, -0.25) is 14.3 Å². The Morgan fingerprint density at radius 1 is 1.15 bits per heavy atom. The van der Waals surface area contributed by atoms with E-state index >= 15 is 0 Å². The number of pyridine rings is 1. The first-order chi connectivity index (χ1) is 12.8. The Morgan fingerprint density at radius 3 is 2.69 bits per heavy atom. The van der Waals surface area contributed by atoms with Crippen molar-refractivity contribution in [1.82, 2.24) is 25.1 Å². The summed E-state index contributed by atoms with van der Waals surface area (Å²) in [6, 6.07) is 15.4. The van der Waals surface area contributed by atoms with E-state index in [2.05, 4.69) is 27.1 Å². The van der Waals surface area contributed by atoms with Gasteiger partial charge in [0.05, 0.1) is 5.75 Å². The smallest absolute Gasteiger partial charge is 0.230 e. The minimum absolute atomic E-state index is 0.0496. The van der Waals surface area contributed by atoms with Crippen LogP contribution < -0.4 is 5.32 Å². The fourth-order valence-corrected chi connectivity index (χ4v) is 3.13. The third-order valence-electron chi connectivity index (χ3n) is 3.59. The Bertz CT molecular complexity index is 864. The number of thioether (sulfide) groups is 1. The minimum Gasteiger partial charge on any atom is -0.351 e. The highest BCUT2D eigenvalue weighted by molar-refractivity contribution is 7.99. The first-order valence-electron chi connectivity index (χ1n) is 8.17. The van der Waals surface area contributed by atoms with Crippen LogP contribution in [0.3, 0.4) is 0 Å². The highest BCUT2D eigenvalue weighted by Crippen LogP contribution is 2.22. The quantitative estimate of drug-likeness (QED) is 0.491. The second-order valence-corrected chi connectivity index (χ2v) is 6.41. The van der Waals surface area contributed by atoms with Gasteiger partial charge in [0, 0.05) is 19.3 Å². The van der Waals surface area contributed by atoms with E-state index in [9.17, 15) is 4.79 Å². The molecule has 2 heterocycles. The fraction of sp³-hybridized carbons (Fsp3) is 0.158. The van der Waals surface area contributed by atoms with E-state index in [4.69, 9.17) is 0 Å². The zero-order valence-electron chi connectivity index (χ0n) is 14.2. The summed E-state index contributed by atoms with van der Waals surface area (Å²) in [6.45, 7) is 4.85. The summed E-state index contributed by atoms with van der Waals surface area (Å²) >= 11 is 1.35. The summed E-state index contributed by atoms with van der Waals surface area (Å²) in [4.78, 5) is 16.4. The van der Waals surface area contributed by atoms with E-state index in [1.165, 1.54) is 11.8 Å². The number of benzene rings is 1. The van der Waals surface area contributed by atoms with Crippen molar-refractivity contribution in [3.8, 4) is 11.5 Å². The molecule has 0 aliphatic carbocycles. The molecule has 0 bridgehead atoms. The largest absolute Gasteiger partial charge is 0.351 e. The van der Waals surface area contributed by atoms with Gasteiger partial charge in [0.1, 0.15) is 5.69 Å². The van der Waals surface area contributed by atoms with Crippen molar-refractivity contribution in [2.45, 2.75) is 18.2 Å². The molecule has 0 saturated heterocycles. The molecule has 7 heteroatoms. The average molecular weight is 365 g/mol. The summed E-state index contributed by atoms with van der Waals surface area (Å²) in [7, 11) is 0. The Labute approximate surface area is 156 Å². The van der Waals surface area contributed by atoms with Crippen LogP contribution in [-0.2, 0) is 17.9 Å². The van der Waals surface area contributed by atoms with Crippen molar-refractivity contribution < 1.29 is 4.79 Å². The lowest BCUT2D eigenvalue weighted by molar-refractivity contribution is -0.118. The third-order valence-corrected chi connectivity index (χ3v) is 4.55. The molecule has 3 rings (SSSR count). The molecule has 1 aromatic carbocycles. The molecule has 132 valence electrons. The van der Waals surface area contributed by atoms with Gasteiger partial charge in [-0.2, -0.15) is 0 Å². The summed E-state index contributed by atoms with van der Waals surface area (Å²) in [5, 5.41) is 12.0. The summed E-state index contributed by atoms with van der Waals surface area (Å²) < 4.78 is 1.91. The number of carbonyl (C=O) groups excluding carboxylic acids is 1. The minimum atomic E-state index is -0.0496. The molecule has 0 saturated carbocycles. The van der Waals surface area contributed by atoms with Crippen molar-refractivity contribution in [3.63, 3.8) is 0 Å². The van der Waals surface area contributed by atoms with Gasteiger partial charge >= 0.3 is 0 Å². The number of carbonyl (C=O) groups is 1. The summed E-state index contributed by atoms with van der Waals surface area (Å²) in [5.41, 5.74) is 1.81. The lowest BCUT2D eigenvalue weighted by atomic mass is 10.2. The van der Waals surface area contributed by atoms with Crippen molar-refractivity contribution in [2.24, 2.45) is 0 Å². The molecule has 2 aromatic heterocycles. The second kappa shape index (κ2) is 8.96. The molecule has 3 aromatic rings. The molecule has 1 amide bonds. The number of aromatic nitrogens is 4. The van der Waals surface area contributed by atoms with Gasteiger partial charge in [0.2, 0.25) is 5.91 Å². The van der Waals surface area contributed by atoms with Crippen molar-refractivity contribution >= 4 is 17.7 Å². The van der Waals surface area contributed by atoms with E-state index in [1.54, 1.807) is 12.3 Å². The molecule has 0 atom stereocenters. The Hall–Kier alpha value is -2.93. The third kappa shape index (κ3) is 4.58. The number of nitrogens with zero attached hydrogens (tertiary/aromatic N) is 4. The van der Waals surface area contributed by atoms with Crippen LogP contribution >= 0.6 is 11.8 Å². The van der Waals surface area contributed by atoms with E-state index in [0.717, 1.165) is 11.3 Å². The van der Waals surface area contributed by atoms with Crippen LogP contribution in [0.15, 0.2) is 72.5 Å². The predicted molar refractivity (Wildman–Crippen MR) is 102 cm³/mol. The molecule has 0 aliphatic heterocycles. The van der Waals surface area contributed by atoms with Crippen LogP contribution in [0.2, 0.25) is 0 Å². The Morgan fingerprint density at radius 2 is 1.96 bits per heavy atom. The average Bonchev–Trinajstić information content (AvgIpc) is 3.09. The molecule has 0 radical (unpaired) electrons. The van der Waals surface area contributed by atoms with Gasteiger partial charge in [-0.05, 0) is 17.7 Å². The molecule has 1 N–H and O–H groups in total. The maximum Gasteiger partial charge on any atom is 0.230 e. The zero-order valence-corrected chi connectivity index (χ0v) is 15.0. The molecule has 0 unspecified atom stereocenters. The Kier molecular flexibility index (Phi) is 6.16. The van der Waals surface area contributed by atoms with Crippen LogP contribution in [0, 0.1) is 0 Å². The van der Waals surface area contributed by atoms with Crippen LogP contribution in [0.4, 0.5) is 0 Å². The molecule has 0 fully saturated rings. The van der Waals surface area contributed by atoms with Gasteiger partial charge < -0.3 is 5.32 Å². The van der Waals surface area contributed by atoms with Crippen LogP contribution in [0.5, 0.6) is 0 Å². The van der Waals surface area contributed by atoms with Crippen LogP contribution in [0.1, 0.15) is 5.56 Å². The summed E-state index contributed by atoms with van der Waals surface area (Å²) in [5.74, 6) is 0.883. The van der Waals surface area contributed by atoms with Gasteiger partial charge in [0.15, 0.2) is 11.0 Å². The lowest BCUT2D eigenvalue weighted by Gasteiger charge is -2.08. The standard InChI is InChI=1S/C19H19N5OS/c1-2-12-24-18(16-10-6-7-11-20-16)22-23-19(24)26-14-17(25)21-13-15-8-4-3-5-9-15/h2-11H,1,12-14H2,(H,21,25). The topological polar surface area (TPSA) is 72.7 Å². The number of rotatable bonds is 8. The maximum atomic E-state index is 12.1. The van der Waals surface area contributed by atoms with Crippen molar-refractivity contribution in [1.29, 1.82) is 0 Å². The number of hydrogen-bond acceptors (Lipinski definition) is 5. The number of hydrogen-bond donors (Lipinski definition) is 1. The predicted octanol–water partition coefficient (Wildman–Crippen LogP) is 2.93. The van der Waals surface area contributed by atoms with Crippen molar-refractivity contribution in [3.05, 3.63) is 72.9 Å². The van der Waals surface area contributed by atoms with Crippen LogP contribution in [0.25, 0.3) is 11.5 Å². The molecule has 26 heavy (non-hydrogen) atoms. The van der Waals surface area contributed by atoms with Gasteiger partial charge in [0.25, 0.3) is 0 Å². The monoisotopic (exact) mass is 365 g/mol. The zero-order chi connectivity index (χ0) is 18.2. The van der Waals surface area contributed by atoms with E-state index in [0.29, 0.717) is 24.1 Å². The molecule has 6 nitrogen and oxygen atoms in total. The van der Waals surface area contributed by atoms with Gasteiger partial charge in [-0.25, -0.2) is 0 Å². The Balaban J connectivity index is 1.63. The van der Waals surface area contributed by atoms with E-state index < -0.39 is 0 Å². The molecule has 0 spiro atoms. The van der Waals surface area contributed by atoms with E-state index in [1.807, 2.05) is 53.1 Å². The van der Waals surface area contributed by atoms with E-state index in [-0.39, 0.29) is 11.7 Å². The van der Waals surface area contributed by atoms with Crippen molar-refractivity contribution in [2.75, 3.05) is 5.75 Å². The maximum absolute atomic E-state index is 12.1. The first kappa shape index (κ1) is 17.9. The molecular formula is C19H19N5OS. The highest BCUT2D eigenvalue weighted by atomic mass is 32.2. The molecule has 0 aliphatic rings. The second-order valence-electron chi connectivity index (χ2n) is 5.47. The number of allylic oxidation sites excluding steroid dienone is 1. The summed E-state index contributed by atoms with van der Waals surface area (Å²) in [6.07, 6.45) is 3.49. The van der Waals surface area contributed by atoms with Gasteiger partial charge in [-0.1, -0.05) is 54.2 Å². The first-order valence-corrected chi connectivity index (χ1v) is 9.15. The number of nitrogens with one attached hydrogen (secondary N) is 1. The van der Waals surface area contributed by atoms with Gasteiger partial charge in [-0.15, -0.1) is 16.8 Å².